The molecule has 5 heteroatoms. The number of rotatable bonds is 6. The summed E-state index contributed by atoms with van der Waals surface area (Å²) in [6.45, 7) is 3.33. The van der Waals surface area contributed by atoms with Gasteiger partial charge in [-0.3, -0.25) is 9.59 Å². The van der Waals surface area contributed by atoms with Crippen LogP contribution in [0.5, 0.6) is 5.75 Å². The van der Waals surface area contributed by atoms with Crippen LogP contribution >= 0.6 is 0 Å². The number of fused-ring (bicyclic) bond motifs is 1. The van der Waals surface area contributed by atoms with Gasteiger partial charge in [-0.1, -0.05) is 30.3 Å². The first kappa shape index (κ1) is 16.3. The third-order valence-electron chi connectivity index (χ3n) is 4.49. The fourth-order valence-electron chi connectivity index (χ4n) is 3.26. The van der Waals surface area contributed by atoms with Gasteiger partial charge in [-0.2, -0.15) is 0 Å². The number of carbonyl (C=O) groups excluding carboxylic acids is 1. The lowest BCUT2D eigenvalue weighted by molar-refractivity contribution is -0.141. The highest BCUT2D eigenvalue weighted by molar-refractivity contribution is 5.88. The number of carbonyl (C=O) groups is 2. The largest absolute Gasteiger partial charge is 0.494 e. The molecule has 1 amide bonds. The van der Waals surface area contributed by atoms with Crippen molar-refractivity contribution in [1.29, 1.82) is 0 Å². The molecule has 1 heterocycles. The van der Waals surface area contributed by atoms with Crippen LogP contribution in [0.15, 0.2) is 36.4 Å². The number of ether oxygens (including phenoxy) is 1. The van der Waals surface area contributed by atoms with Gasteiger partial charge in [0.1, 0.15) is 5.75 Å². The quantitative estimate of drug-likeness (QED) is 0.886. The summed E-state index contributed by atoms with van der Waals surface area (Å²) in [5, 5.41) is 11.3. The van der Waals surface area contributed by atoms with Crippen molar-refractivity contribution >= 4 is 22.6 Å². The molecule has 1 saturated heterocycles. The lowest BCUT2D eigenvalue weighted by Gasteiger charge is -2.18. The number of likely N-dealkylation sites (tertiary alicyclic amines) is 1. The maximum atomic E-state index is 12.0. The highest BCUT2D eigenvalue weighted by Crippen LogP contribution is 2.29. The summed E-state index contributed by atoms with van der Waals surface area (Å²) in [6, 6.07) is 12.1. The fourth-order valence-corrected chi connectivity index (χ4v) is 3.26. The van der Waals surface area contributed by atoms with Crippen molar-refractivity contribution in [2.24, 2.45) is 5.92 Å². The van der Waals surface area contributed by atoms with Gasteiger partial charge in [0.2, 0.25) is 5.91 Å². The number of amides is 1. The van der Waals surface area contributed by atoms with E-state index >= 15 is 0 Å². The molecule has 1 N–H and O–H groups in total. The topological polar surface area (TPSA) is 66.8 Å². The third kappa shape index (κ3) is 3.20. The van der Waals surface area contributed by atoms with E-state index in [0.717, 1.165) is 22.1 Å². The van der Waals surface area contributed by atoms with Gasteiger partial charge < -0.3 is 14.7 Å². The minimum absolute atomic E-state index is 0.0828. The van der Waals surface area contributed by atoms with Crippen LogP contribution in [0.3, 0.4) is 0 Å². The summed E-state index contributed by atoms with van der Waals surface area (Å²) in [4.78, 5) is 24.7. The van der Waals surface area contributed by atoms with Crippen molar-refractivity contribution in [2.45, 2.75) is 19.8 Å². The van der Waals surface area contributed by atoms with Gasteiger partial charge in [-0.05, 0) is 30.2 Å². The molecule has 1 unspecified atom stereocenters. The van der Waals surface area contributed by atoms with Crippen LogP contribution in [0.1, 0.15) is 18.9 Å². The standard InChI is InChI=1S/C19H21NO4/c1-2-24-17-8-7-13-5-3-4-6-15(13)16(17)9-10-20-12-14(19(22)23)11-18(20)21/h3-8,14H,2,9-12H2,1H3,(H,22,23). The summed E-state index contributed by atoms with van der Waals surface area (Å²) in [5.41, 5.74) is 1.07. The summed E-state index contributed by atoms with van der Waals surface area (Å²) in [7, 11) is 0. The van der Waals surface area contributed by atoms with Crippen molar-refractivity contribution < 1.29 is 19.4 Å². The Labute approximate surface area is 140 Å². The van der Waals surface area contributed by atoms with E-state index in [4.69, 9.17) is 9.84 Å². The predicted molar refractivity (Wildman–Crippen MR) is 91.1 cm³/mol. The molecule has 0 aliphatic carbocycles. The molecule has 1 aliphatic heterocycles. The number of carboxylic acids is 1. The Hall–Kier alpha value is -2.56. The average Bonchev–Trinajstić information content (AvgIpc) is 2.95. The van der Waals surface area contributed by atoms with Crippen LogP contribution in [-0.4, -0.2) is 41.6 Å². The van der Waals surface area contributed by atoms with Crippen LogP contribution in [-0.2, 0) is 16.0 Å². The Balaban J connectivity index is 1.83. The summed E-state index contributed by atoms with van der Waals surface area (Å²) in [5.74, 6) is -0.736. The Kier molecular flexibility index (Phi) is 4.69. The number of carboxylic acid groups (broad SMARTS) is 1. The van der Waals surface area contributed by atoms with Gasteiger partial charge in [-0.15, -0.1) is 0 Å². The molecule has 0 aromatic heterocycles. The van der Waals surface area contributed by atoms with Crippen molar-refractivity contribution in [3.05, 3.63) is 42.0 Å². The van der Waals surface area contributed by atoms with Crippen molar-refractivity contribution in [1.82, 2.24) is 4.90 Å². The van der Waals surface area contributed by atoms with Gasteiger partial charge in [0, 0.05) is 25.1 Å². The molecule has 0 radical (unpaired) electrons. The van der Waals surface area contributed by atoms with Crippen molar-refractivity contribution in [3.63, 3.8) is 0 Å². The monoisotopic (exact) mass is 327 g/mol. The summed E-state index contributed by atoms with van der Waals surface area (Å²) >= 11 is 0. The molecule has 5 nitrogen and oxygen atoms in total. The minimum atomic E-state index is -0.897. The second kappa shape index (κ2) is 6.91. The van der Waals surface area contributed by atoms with Crippen LogP contribution in [0.25, 0.3) is 10.8 Å². The van der Waals surface area contributed by atoms with E-state index in [1.807, 2.05) is 31.2 Å². The molecule has 0 spiro atoms. The zero-order chi connectivity index (χ0) is 17.1. The Morgan fingerprint density at radius 2 is 2.08 bits per heavy atom. The number of hydrogen-bond acceptors (Lipinski definition) is 3. The van der Waals surface area contributed by atoms with Crippen LogP contribution < -0.4 is 4.74 Å². The zero-order valence-corrected chi connectivity index (χ0v) is 13.7. The first-order chi connectivity index (χ1) is 11.6. The highest BCUT2D eigenvalue weighted by Gasteiger charge is 2.33. The van der Waals surface area contributed by atoms with Gasteiger partial charge in [0.05, 0.1) is 12.5 Å². The van der Waals surface area contributed by atoms with E-state index < -0.39 is 11.9 Å². The van der Waals surface area contributed by atoms with E-state index in [1.54, 1.807) is 4.90 Å². The van der Waals surface area contributed by atoms with Crippen molar-refractivity contribution in [2.75, 3.05) is 19.7 Å². The van der Waals surface area contributed by atoms with Gasteiger partial charge in [0.15, 0.2) is 0 Å². The molecular formula is C19H21NO4. The molecule has 126 valence electrons. The van der Waals surface area contributed by atoms with Gasteiger partial charge in [-0.25, -0.2) is 0 Å². The SMILES string of the molecule is CCOc1ccc2ccccc2c1CCN1CC(C(=O)O)CC1=O. The Morgan fingerprint density at radius 3 is 2.79 bits per heavy atom. The molecule has 2 aromatic rings. The first-order valence-corrected chi connectivity index (χ1v) is 8.24. The number of hydrogen-bond donors (Lipinski definition) is 1. The number of benzene rings is 2. The van der Waals surface area contributed by atoms with E-state index in [0.29, 0.717) is 26.1 Å². The second-order valence-electron chi connectivity index (χ2n) is 6.03. The van der Waals surface area contributed by atoms with Crippen LogP contribution in [0.4, 0.5) is 0 Å². The third-order valence-corrected chi connectivity index (χ3v) is 4.49. The predicted octanol–water partition coefficient (Wildman–Crippen LogP) is 2.71. The average molecular weight is 327 g/mol. The molecule has 1 atom stereocenters. The maximum absolute atomic E-state index is 12.0. The Morgan fingerprint density at radius 1 is 1.29 bits per heavy atom. The summed E-state index contributed by atoms with van der Waals surface area (Å²) in [6.07, 6.45) is 0.748. The Bertz CT molecular complexity index is 771. The highest BCUT2D eigenvalue weighted by atomic mass is 16.5. The smallest absolute Gasteiger partial charge is 0.308 e. The van der Waals surface area contributed by atoms with E-state index in [2.05, 4.69) is 12.1 Å². The lowest BCUT2D eigenvalue weighted by atomic mass is 10.0. The minimum Gasteiger partial charge on any atom is -0.494 e. The number of nitrogens with zero attached hydrogens (tertiary/aromatic N) is 1. The molecule has 0 bridgehead atoms. The first-order valence-electron chi connectivity index (χ1n) is 8.24. The van der Waals surface area contributed by atoms with E-state index in [-0.39, 0.29) is 12.3 Å². The van der Waals surface area contributed by atoms with Crippen LogP contribution in [0.2, 0.25) is 0 Å². The molecule has 1 fully saturated rings. The zero-order valence-electron chi connectivity index (χ0n) is 13.7. The fraction of sp³-hybridized carbons (Fsp3) is 0.368. The normalized spacial score (nSPS) is 17.5. The second-order valence-corrected chi connectivity index (χ2v) is 6.03. The van der Waals surface area contributed by atoms with Crippen LogP contribution in [0, 0.1) is 5.92 Å². The molecule has 0 saturated carbocycles. The maximum Gasteiger partial charge on any atom is 0.308 e. The molecular weight excluding hydrogens is 306 g/mol. The van der Waals surface area contributed by atoms with Crippen molar-refractivity contribution in [3.8, 4) is 5.75 Å². The van der Waals surface area contributed by atoms with Gasteiger partial charge >= 0.3 is 5.97 Å². The molecule has 1 aliphatic rings. The summed E-state index contributed by atoms with van der Waals surface area (Å²) < 4.78 is 5.75. The van der Waals surface area contributed by atoms with Gasteiger partial charge in [0.25, 0.3) is 0 Å². The molecule has 2 aromatic carbocycles. The molecule has 3 rings (SSSR count). The number of aliphatic carboxylic acids is 1. The van der Waals surface area contributed by atoms with E-state index in [1.165, 1.54) is 0 Å². The lowest BCUT2D eigenvalue weighted by Crippen LogP contribution is -2.28. The molecule has 24 heavy (non-hydrogen) atoms. The van der Waals surface area contributed by atoms with E-state index in [9.17, 15) is 9.59 Å².